The van der Waals surface area contributed by atoms with Crippen LogP contribution < -0.4 is 5.32 Å². The second-order valence-corrected chi connectivity index (χ2v) is 5.72. The van der Waals surface area contributed by atoms with E-state index >= 15 is 0 Å². The SMILES string of the molecule is CSCC[C@H](O)C(=O)NC1(c2ccccc2)CC1. The third kappa shape index (κ3) is 3.06. The fourth-order valence-electron chi connectivity index (χ4n) is 2.05. The van der Waals surface area contributed by atoms with Gasteiger partial charge in [0.05, 0.1) is 5.54 Å². The summed E-state index contributed by atoms with van der Waals surface area (Å²) in [6, 6.07) is 9.98. The molecule has 0 aromatic heterocycles. The summed E-state index contributed by atoms with van der Waals surface area (Å²) in [5.74, 6) is 0.554. The first kappa shape index (κ1) is 13.4. The summed E-state index contributed by atoms with van der Waals surface area (Å²) in [5, 5.41) is 12.8. The number of rotatable bonds is 6. The van der Waals surface area contributed by atoms with Crippen LogP contribution in [0.1, 0.15) is 24.8 Å². The fourth-order valence-corrected chi connectivity index (χ4v) is 2.51. The Balaban J connectivity index is 1.95. The summed E-state index contributed by atoms with van der Waals surface area (Å²) in [5.41, 5.74) is 0.911. The highest BCUT2D eigenvalue weighted by atomic mass is 32.2. The van der Waals surface area contributed by atoms with E-state index < -0.39 is 6.10 Å². The molecule has 0 unspecified atom stereocenters. The molecular formula is C14H19NO2S. The first-order valence-corrected chi connectivity index (χ1v) is 7.62. The molecule has 3 nitrogen and oxygen atoms in total. The van der Waals surface area contributed by atoms with Crippen LogP contribution in [0.2, 0.25) is 0 Å². The van der Waals surface area contributed by atoms with Gasteiger partial charge in [0.2, 0.25) is 5.91 Å². The number of aliphatic hydroxyl groups excluding tert-OH is 1. The Morgan fingerprint density at radius 2 is 2.11 bits per heavy atom. The molecule has 1 aromatic carbocycles. The van der Waals surface area contributed by atoms with Crippen LogP contribution in [0.4, 0.5) is 0 Å². The van der Waals surface area contributed by atoms with E-state index in [1.807, 2.05) is 36.6 Å². The maximum Gasteiger partial charge on any atom is 0.249 e. The number of amides is 1. The molecule has 0 saturated heterocycles. The van der Waals surface area contributed by atoms with Gasteiger partial charge in [0.15, 0.2) is 0 Å². The minimum absolute atomic E-state index is 0.224. The van der Waals surface area contributed by atoms with Gasteiger partial charge in [-0.3, -0.25) is 4.79 Å². The second-order valence-electron chi connectivity index (χ2n) is 4.73. The monoisotopic (exact) mass is 265 g/mol. The lowest BCUT2D eigenvalue weighted by Gasteiger charge is -2.20. The quantitative estimate of drug-likeness (QED) is 0.826. The lowest BCUT2D eigenvalue weighted by Crippen LogP contribution is -2.41. The topological polar surface area (TPSA) is 49.3 Å². The number of benzene rings is 1. The molecule has 0 bridgehead atoms. The van der Waals surface area contributed by atoms with E-state index in [1.54, 1.807) is 11.8 Å². The molecule has 0 aliphatic heterocycles. The zero-order valence-corrected chi connectivity index (χ0v) is 11.4. The van der Waals surface area contributed by atoms with Crippen molar-refractivity contribution in [3.63, 3.8) is 0 Å². The van der Waals surface area contributed by atoms with Crippen LogP contribution in [0.15, 0.2) is 30.3 Å². The van der Waals surface area contributed by atoms with Crippen molar-refractivity contribution in [2.75, 3.05) is 12.0 Å². The van der Waals surface area contributed by atoms with Gasteiger partial charge in [0.1, 0.15) is 6.10 Å². The minimum atomic E-state index is -0.890. The molecule has 1 saturated carbocycles. The number of nitrogens with one attached hydrogen (secondary N) is 1. The van der Waals surface area contributed by atoms with Crippen molar-refractivity contribution in [1.29, 1.82) is 0 Å². The Bertz CT molecular complexity index is 404. The zero-order valence-electron chi connectivity index (χ0n) is 10.6. The van der Waals surface area contributed by atoms with Crippen molar-refractivity contribution < 1.29 is 9.90 Å². The normalized spacial score (nSPS) is 18.1. The van der Waals surface area contributed by atoms with Crippen molar-refractivity contribution in [3.05, 3.63) is 35.9 Å². The van der Waals surface area contributed by atoms with Gasteiger partial charge in [-0.25, -0.2) is 0 Å². The van der Waals surface area contributed by atoms with Crippen LogP contribution in [0.3, 0.4) is 0 Å². The Labute approximate surface area is 112 Å². The molecule has 2 rings (SSSR count). The Morgan fingerprint density at radius 3 is 2.67 bits per heavy atom. The third-order valence-electron chi connectivity index (χ3n) is 3.34. The molecule has 4 heteroatoms. The number of thioether (sulfide) groups is 1. The molecule has 1 fully saturated rings. The zero-order chi connectivity index (χ0) is 13.0. The highest BCUT2D eigenvalue weighted by Gasteiger charge is 2.46. The van der Waals surface area contributed by atoms with Gasteiger partial charge < -0.3 is 10.4 Å². The van der Waals surface area contributed by atoms with Gasteiger partial charge in [-0.1, -0.05) is 30.3 Å². The molecule has 1 aromatic rings. The minimum Gasteiger partial charge on any atom is -0.383 e. The molecular weight excluding hydrogens is 246 g/mol. The Kier molecular flexibility index (Phi) is 4.30. The van der Waals surface area contributed by atoms with Gasteiger partial charge in [0.25, 0.3) is 0 Å². The van der Waals surface area contributed by atoms with E-state index in [4.69, 9.17) is 0 Å². The Morgan fingerprint density at radius 1 is 1.44 bits per heavy atom. The summed E-state index contributed by atoms with van der Waals surface area (Å²) in [6.45, 7) is 0. The number of aliphatic hydroxyl groups is 1. The predicted octanol–water partition coefficient (Wildman–Crippen LogP) is 1.91. The van der Waals surface area contributed by atoms with Crippen LogP contribution >= 0.6 is 11.8 Å². The number of carbonyl (C=O) groups is 1. The first-order chi connectivity index (χ1) is 8.68. The van der Waals surface area contributed by atoms with Gasteiger partial charge in [0, 0.05) is 0 Å². The van der Waals surface area contributed by atoms with E-state index in [9.17, 15) is 9.90 Å². The van der Waals surface area contributed by atoms with E-state index in [2.05, 4.69) is 5.32 Å². The average molecular weight is 265 g/mol. The van der Waals surface area contributed by atoms with E-state index in [-0.39, 0.29) is 11.4 Å². The predicted molar refractivity (Wildman–Crippen MR) is 74.5 cm³/mol. The lowest BCUT2D eigenvalue weighted by molar-refractivity contribution is -0.130. The highest BCUT2D eigenvalue weighted by molar-refractivity contribution is 7.98. The van der Waals surface area contributed by atoms with Gasteiger partial charge >= 0.3 is 0 Å². The first-order valence-electron chi connectivity index (χ1n) is 6.22. The summed E-state index contributed by atoms with van der Waals surface area (Å²) in [4.78, 5) is 11.9. The fraction of sp³-hybridized carbons (Fsp3) is 0.500. The van der Waals surface area contributed by atoms with Gasteiger partial charge in [-0.15, -0.1) is 0 Å². The summed E-state index contributed by atoms with van der Waals surface area (Å²) in [7, 11) is 0. The lowest BCUT2D eigenvalue weighted by atomic mass is 10.0. The smallest absolute Gasteiger partial charge is 0.249 e. The van der Waals surface area contributed by atoms with Crippen LogP contribution in [-0.2, 0) is 10.3 Å². The van der Waals surface area contributed by atoms with Gasteiger partial charge in [-0.2, -0.15) is 11.8 Å². The molecule has 1 atom stereocenters. The largest absolute Gasteiger partial charge is 0.383 e. The van der Waals surface area contributed by atoms with Crippen molar-refractivity contribution in [2.45, 2.75) is 30.9 Å². The molecule has 2 N–H and O–H groups in total. The third-order valence-corrected chi connectivity index (χ3v) is 3.98. The van der Waals surface area contributed by atoms with E-state index in [0.717, 1.165) is 24.2 Å². The molecule has 0 heterocycles. The highest BCUT2D eigenvalue weighted by Crippen LogP contribution is 2.45. The van der Waals surface area contributed by atoms with Crippen molar-refractivity contribution in [3.8, 4) is 0 Å². The van der Waals surface area contributed by atoms with Crippen molar-refractivity contribution >= 4 is 17.7 Å². The van der Waals surface area contributed by atoms with E-state index in [1.165, 1.54) is 0 Å². The van der Waals surface area contributed by atoms with E-state index in [0.29, 0.717) is 6.42 Å². The maximum absolute atomic E-state index is 11.9. The molecule has 0 spiro atoms. The summed E-state index contributed by atoms with van der Waals surface area (Å²) >= 11 is 1.64. The number of hydrogen-bond acceptors (Lipinski definition) is 3. The standard InChI is InChI=1S/C14H19NO2S/c1-18-10-7-12(16)13(17)15-14(8-9-14)11-5-3-2-4-6-11/h2-6,12,16H,7-10H2,1H3,(H,15,17)/t12-/m0/s1. The van der Waals surface area contributed by atoms with Crippen molar-refractivity contribution in [2.24, 2.45) is 0 Å². The molecule has 1 amide bonds. The number of carbonyl (C=O) groups excluding carboxylic acids is 1. The van der Waals surface area contributed by atoms with Gasteiger partial charge in [-0.05, 0) is 36.8 Å². The average Bonchev–Trinajstić information content (AvgIpc) is 3.18. The van der Waals surface area contributed by atoms with Crippen LogP contribution in [-0.4, -0.2) is 29.1 Å². The maximum atomic E-state index is 11.9. The Hall–Kier alpha value is -1.00. The molecule has 1 aliphatic carbocycles. The second kappa shape index (κ2) is 5.76. The molecule has 0 radical (unpaired) electrons. The summed E-state index contributed by atoms with van der Waals surface area (Å²) < 4.78 is 0. The molecule has 1 aliphatic rings. The molecule has 98 valence electrons. The number of hydrogen-bond donors (Lipinski definition) is 2. The van der Waals surface area contributed by atoms with Crippen molar-refractivity contribution in [1.82, 2.24) is 5.32 Å². The van der Waals surface area contributed by atoms with Crippen LogP contribution in [0.5, 0.6) is 0 Å². The van der Waals surface area contributed by atoms with Crippen LogP contribution in [0, 0.1) is 0 Å². The summed E-state index contributed by atoms with van der Waals surface area (Å²) in [6.07, 6.45) is 3.50. The molecule has 18 heavy (non-hydrogen) atoms. The van der Waals surface area contributed by atoms with Crippen LogP contribution in [0.25, 0.3) is 0 Å².